The van der Waals surface area contributed by atoms with Gasteiger partial charge in [0.05, 0.1) is 36.6 Å². The minimum Gasteiger partial charge on any atom is -0.489 e. The molecule has 9 rings (SSSR count). The molecule has 1 atom stereocenters. The number of pyridine rings is 4. The lowest BCUT2D eigenvalue weighted by molar-refractivity contribution is -0.134. The van der Waals surface area contributed by atoms with Gasteiger partial charge in [-0.15, -0.1) is 0 Å². The number of anilines is 2. The summed E-state index contributed by atoms with van der Waals surface area (Å²) in [6.45, 7) is 4.26. The van der Waals surface area contributed by atoms with E-state index in [4.69, 9.17) is 23.9 Å². The largest absolute Gasteiger partial charge is 0.489 e. The molecule has 3 aliphatic heterocycles. The summed E-state index contributed by atoms with van der Waals surface area (Å²) < 4.78 is 19.3. The fraction of sp³-hybridized carbons (Fsp3) is 0.295. The Kier molecular flexibility index (Phi) is 9.66. The fourth-order valence-electron chi connectivity index (χ4n) is 7.99. The summed E-state index contributed by atoms with van der Waals surface area (Å²) in [5.41, 5.74) is 6.84. The Labute approximate surface area is 332 Å². The first-order chi connectivity index (χ1) is 28.2. The summed E-state index contributed by atoms with van der Waals surface area (Å²) >= 11 is 0. The van der Waals surface area contributed by atoms with Crippen molar-refractivity contribution in [3.8, 4) is 28.8 Å². The Morgan fingerprint density at radius 2 is 1.83 bits per heavy atom. The van der Waals surface area contributed by atoms with Crippen molar-refractivity contribution in [1.29, 1.82) is 0 Å². The molecule has 0 radical (unpaired) electrons. The molecule has 2 saturated heterocycles. The molecule has 3 aliphatic rings. The van der Waals surface area contributed by atoms with Gasteiger partial charge in [-0.3, -0.25) is 39.0 Å². The highest BCUT2D eigenvalue weighted by atomic mass is 16.5. The van der Waals surface area contributed by atoms with Crippen LogP contribution in [0.1, 0.15) is 70.6 Å². The topological polar surface area (TPSA) is 171 Å². The van der Waals surface area contributed by atoms with E-state index in [9.17, 15) is 19.2 Å². The number of rotatable bonds is 6. The van der Waals surface area contributed by atoms with Crippen molar-refractivity contribution in [2.45, 2.75) is 44.4 Å². The number of carbonyl (C=O) groups is 3. The van der Waals surface area contributed by atoms with Gasteiger partial charge in [0.15, 0.2) is 5.76 Å². The van der Waals surface area contributed by atoms with E-state index >= 15 is 0 Å². The quantitative estimate of drug-likeness (QED) is 0.169. The summed E-state index contributed by atoms with van der Waals surface area (Å²) in [6.07, 6.45) is 5.84. The minimum absolute atomic E-state index is 0.0543. The maximum atomic E-state index is 13.0. The number of hydrogen-bond acceptors (Lipinski definition) is 11. The zero-order chi connectivity index (χ0) is 39.9. The van der Waals surface area contributed by atoms with Crippen molar-refractivity contribution in [3.05, 3.63) is 106 Å². The van der Waals surface area contributed by atoms with Crippen LogP contribution in [-0.2, 0) is 21.4 Å². The van der Waals surface area contributed by atoms with E-state index in [1.165, 1.54) is 0 Å². The molecule has 1 aromatic carbocycles. The third-order valence-corrected chi connectivity index (χ3v) is 11.0. The summed E-state index contributed by atoms with van der Waals surface area (Å²) in [7, 11) is 1.77. The van der Waals surface area contributed by atoms with E-state index in [0.717, 1.165) is 46.2 Å². The van der Waals surface area contributed by atoms with Gasteiger partial charge in [0.1, 0.15) is 35.0 Å². The number of carbonyl (C=O) groups excluding carboxylic acids is 3. The van der Waals surface area contributed by atoms with E-state index in [1.54, 1.807) is 48.3 Å². The third-order valence-electron chi connectivity index (χ3n) is 11.0. The number of aryl methyl sites for hydroxylation is 2. The highest BCUT2D eigenvalue weighted by molar-refractivity contribution is 6.03. The van der Waals surface area contributed by atoms with Crippen molar-refractivity contribution in [2.75, 3.05) is 37.8 Å². The first-order valence-electron chi connectivity index (χ1n) is 19.3. The van der Waals surface area contributed by atoms with Crippen molar-refractivity contribution in [1.82, 2.24) is 30.2 Å². The second-order valence-electron chi connectivity index (χ2n) is 14.7. The van der Waals surface area contributed by atoms with Crippen molar-refractivity contribution >= 4 is 51.1 Å². The lowest BCUT2D eigenvalue weighted by atomic mass is 9.88. The normalized spacial score (nSPS) is 17.0. The van der Waals surface area contributed by atoms with Gasteiger partial charge >= 0.3 is 0 Å². The summed E-state index contributed by atoms with van der Waals surface area (Å²) in [6, 6.07) is 16.6. The van der Waals surface area contributed by atoms with E-state index < -0.39 is 5.92 Å². The number of nitrogens with zero attached hydrogens (tertiary/aromatic N) is 5. The monoisotopic (exact) mass is 777 g/mol. The number of aromatic nitrogens is 4. The van der Waals surface area contributed by atoms with Crippen LogP contribution in [0.4, 0.5) is 11.4 Å². The average molecular weight is 778 g/mol. The molecule has 8 heterocycles. The van der Waals surface area contributed by atoms with E-state index in [-0.39, 0.29) is 47.9 Å². The van der Waals surface area contributed by atoms with Crippen LogP contribution in [0.3, 0.4) is 0 Å². The van der Waals surface area contributed by atoms with E-state index in [2.05, 4.69) is 38.4 Å². The highest BCUT2D eigenvalue weighted by Gasteiger charge is 2.30. The van der Waals surface area contributed by atoms with Gasteiger partial charge in [0.25, 0.3) is 11.5 Å². The summed E-state index contributed by atoms with van der Waals surface area (Å²) in [5.74, 6) is 5.72. The van der Waals surface area contributed by atoms with Gasteiger partial charge in [-0.1, -0.05) is 18.1 Å². The lowest BCUT2D eigenvalue weighted by Gasteiger charge is -2.33. The number of imide groups is 1. The minimum atomic E-state index is -0.446. The van der Waals surface area contributed by atoms with Crippen LogP contribution >= 0.6 is 0 Å². The van der Waals surface area contributed by atoms with Crippen molar-refractivity contribution < 1.29 is 28.3 Å². The zero-order valence-corrected chi connectivity index (χ0v) is 32.0. The molecular formula is C44H39N7O7. The molecule has 0 bridgehead atoms. The number of piperidine rings is 1. The number of ether oxygens (including phenoxy) is 2. The Bertz CT molecular complexity index is 2760. The molecule has 2 fully saturated rings. The molecule has 0 spiro atoms. The Hall–Kier alpha value is -6.85. The second-order valence-corrected chi connectivity index (χ2v) is 14.7. The second kappa shape index (κ2) is 15.2. The van der Waals surface area contributed by atoms with E-state index in [0.29, 0.717) is 72.3 Å². The smallest absolute Gasteiger partial charge is 0.270 e. The van der Waals surface area contributed by atoms with Crippen LogP contribution in [0.5, 0.6) is 5.75 Å². The van der Waals surface area contributed by atoms with Crippen LogP contribution < -0.4 is 25.8 Å². The molecule has 5 aromatic heterocycles. The molecule has 2 N–H and O–H groups in total. The van der Waals surface area contributed by atoms with Crippen molar-refractivity contribution in [2.24, 2.45) is 7.05 Å². The lowest BCUT2D eigenvalue weighted by Crippen LogP contribution is -2.39. The van der Waals surface area contributed by atoms with Gasteiger partial charge in [0.2, 0.25) is 11.8 Å². The van der Waals surface area contributed by atoms with Gasteiger partial charge in [0, 0.05) is 78.5 Å². The number of benzene rings is 1. The molecule has 0 aliphatic carbocycles. The molecule has 292 valence electrons. The number of amides is 3. The fourth-order valence-corrected chi connectivity index (χ4v) is 7.99. The number of furan rings is 1. The first kappa shape index (κ1) is 36.8. The van der Waals surface area contributed by atoms with Gasteiger partial charge in [-0.25, -0.2) is 4.98 Å². The van der Waals surface area contributed by atoms with Gasteiger partial charge < -0.3 is 24.1 Å². The van der Waals surface area contributed by atoms with Crippen LogP contribution in [0.2, 0.25) is 0 Å². The SMILES string of the molecule is Cc1cc2c(N3CCOc4cc(-c5ccc(C(=O)NCC#Cc6cc7c(C8CCC(=O)NC8=O)cccc7o6)nc5)ncc43)cc(C3CCOCC3)nc2n(C)c1=O. The standard InChI is InChI=1S/C44H39N7O7/c1-25-19-32-36(21-35(26-12-16-56-17-13-26)48-41(32)50(2)44(25)55)51-15-18-57-39-22-34(47-24-37(39)51)27-8-10-33(46-23-27)43(54)45-14-4-5-28-20-31-29(6-3-7-38(31)58-28)30-9-11-40(52)49-42(30)53/h3,6-8,10,19-24,26,30H,9,11-18H2,1-2H3,(H,45,54)(H,49,52,53). The predicted molar refractivity (Wildman–Crippen MR) is 215 cm³/mol. The molecule has 1 unspecified atom stereocenters. The average Bonchev–Trinajstić information content (AvgIpc) is 3.68. The first-order valence-corrected chi connectivity index (χ1v) is 19.3. The third kappa shape index (κ3) is 6.94. The number of hydrogen-bond donors (Lipinski definition) is 2. The molecular weight excluding hydrogens is 739 g/mol. The molecule has 0 saturated carbocycles. The van der Waals surface area contributed by atoms with E-state index in [1.807, 2.05) is 31.2 Å². The predicted octanol–water partition coefficient (Wildman–Crippen LogP) is 5.17. The highest BCUT2D eigenvalue weighted by Crippen LogP contribution is 2.42. The van der Waals surface area contributed by atoms with Crippen LogP contribution in [0.15, 0.2) is 76.2 Å². The molecule has 14 nitrogen and oxygen atoms in total. The van der Waals surface area contributed by atoms with Gasteiger partial charge in [-0.2, -0.15) is 0 Å². The number of nitrogens with one attached hydrogen (secondary N) is 2. The summed E-state index contributed by atoms with van der Waals surface area (Å²) in [4.78, 5) is 66.5. The van der Waals surface area contributed by atoms with Crippen LogP contribution in [-0.4, -0.2) is 70.2 Å². The Balaban J connectivity index is 0.901. The molecule has 6 aromatic rings. The van der Waals surface area contributed by atoms with Crippen LogP contribution in [0.25, 0.3) is 33.3 Å². The number of fused-ring (bicyclic) bond motifs is 3. The maximum Gasteiger partial charge on any atom is 0.270 e. The Morgan fingerprint density at radius 3 is 2.64 bits per heavy atom. The summed E-state index contributed by atoms with van der Waals surface area (Å²) in [5, 5.41) is 6.82. The molecule has 3 amide bonds. The van der Waals surface area contributed by atoms with Gasteiger partial charge in [-0.05, 0) is 68.0 Å². The maximum absolute atomic E-state index is 13.0. The Morgan fingerprint density at radius 1 is 0.966 bits per heavy atom. The van der Waals surface area contributed by atoms with Crippen molar-refractivity contribution in [3.63, 3.8) is 0 Å². The molecule has 14 heteroatoms. The van der Waals surface area contributed by atoms with Crippen LogP contribution in [0, 0.1) is 18.8 Å². The zero-order valence-electron chi connectivity index (χ0n) is 32.0. The molecule has 58 heavy (non-hydrogen) atoms.